The highest BCUT2D eigenvalue weighted by molar-refractivity contribution is 7.89. The zero-order chi connectivity index (χ0) is 14.8. The van der Waals surface area contributed by atoms with Crippen molar-refractivity contribution in [1.82, 2.24) is 4.90 Å². The summed E-state index contributed by atoms with van der Waals surface area (Å²) in [6.07, 6.45) is 1.86. The molecule has 4 nitrogen and oxygen atoms in total. The molecule has 1 aromatic rings. The Balaban J connectivity index is 2.03. The number of nitrogens with two attached hydrogens (primary N) is 1. The van der Waals surface area contributed by atoms with E-state index in [0.717, 1.165) is 31.5 Å². The zero-order valence-corrected chi connectivity index (χ0v) is 12.4. The first-order valence-corrected chi connectivity index (χ1v) is 8.56. The van der Waals surface area contributed by atoms with Crippen LogP contribution in [0.15, 0.2) is 24.3 Å². The molecule has 2 N–H and O–H groups in total. The van der Waals surface area contributed by atoms with Crippen molar-refractivity contribution in [3.05, 3.63) is 35.6 Å². The summed E-state index contributed by atoms with van der Waals surface area (Å²) in [7, 11) is -3.42. The van der Waals surface area contributed by atoms with Crippen molar-refractivity contribution in [2.24, 2.45) is 11.1 Å². The number of halogens is 1. The van der Waals surface area contributed by atoms with E-state index in [9.17, 15) is 12.8 Å². The molecule has 0 spiro atoms. The highest BCUT2D eigenvalue weighted by atomic mass is 32.2. The van der Waals surface area contributed by atoms with Crippen LogP contribution in [0.4, 0.5) is 4.39 Å². The number of benzene rings is 1. The third kappa shape index (κ3) is 4.26. The number of rotatable bonds is 4. The molecule has 1 aromatic carbocycles. The van der Waals surface area contributed by atoms with Gasteiger partial charge in [-0.05, 0) is 49.9 Å². The van der Waals surface area contributed by atoms with Crippen LogP contribution in [0.3, 0.4) is 0 Å². The third-order valence-corrected chi connectivity index (χ3v) is 4.85. The van der Waals surface area contributed by atoms with Gasteiger partial charge in [-0.25, -0.2) is 17.9 Å². The quantitative estimate of drug-likeness (QED) is 0.923. The van der Waals surface area contributed by atoms with Crippen molar-refractivity contribution in [3.8, 4) is 0 Å². The Morgan fingerprint density at radius 3 is 2.65 bits per heavy atom. The minimum atomic E-state index is -3.42. The van der Waals surface area contributed by atoms with Crippen LogP contribution in [0.1, 0.15) is 31.4 Å². The lowest BCUT2D eigenvalue weighted by Gasteiger charge is -2.36. The summed E-state index contributed by atoms with van der Waals surface area (Å²) >= 11 is 0. The minimum Gasteiger partial charge on any atom is -0.296 e. The molecule has 20 heavy (non-hydrogen) atoms. The molecule has 112 valence electrons. The molecular weight excluding hydrogens is 279 g/mol. The molecule has 0 unspecified atom stereocenters. The summed E-state index contributed by atoms with van der Waals surface area (Å²) in [6, 6.07) is 6.63. The van der Waals surface area contributed by atoms with E-state index < -0.39 is 10.0 Å². The van der Waals surface area contributed by atoms with Gasteiger partial charge in [0.15, 0.2) is 0 Å². The molecular formula is C14H21FN2O2S. The molecule has 0 aliphatic carbocycles. The monoisotopic (exact) mass is 300 g/mol. The van der Waals surface area contributed by atoms with Crippen molar-refractivity contribution in [2.45, 2.75) is 25.8 Å². The average Bonchev–Trinajstić information content (AvgIpc) is 2.37. The molecule has 0 aromatic heterocycles. The first-order chi connectivity index (χ1) is 9.35. The van der Waals surface area contributed by atoms with Crippen LogP contribution >= 0.6 is 0 Å². The van der Waals surface area contributed by atoms with Crippen molar-refractivity contribution < 1.29 is 12.8 Å². The number of hydrogen-bond donors (Lipinski definition) is 1. The van der Waals surface area contributed by atoms with E-state index in [1.54, 1.807) is 12.1 Å². The van der Waals surface area contributed by atoms with Gasteiger partial charge in [-0.3, -0.25) is 4.90 Å². The van der Waals surface area contributed by atoms with Crippen LogP contribution in [0.2, 0.25) is 0 Å². The lowest BCUT2D eigenvalue weighted by molar-refractivity contribution is 0.140. The van der Waals surface area contributed by atoms with Crippen molar-refractivity contribution >= 4 is 10.0 Å². The number of sulfonamides is 1. The summed E-state index contributed by atoms with van der Waals surface area (Å²) in [5.41, 5.74) is 1.04. The van der Waals surface area contributed by atoms with Gasteiger partial charge in [-0.1, -0.05) is 12.1 Å². The summed E-state index contributed by atoms with van der Waals surface area (Å²) < 4.78 is 35.3. The Hall–Kier alpha value is -0.980. The number of hydrogen-bond acceptors (Lipinski definition) is 3. The number of nitrogens with zero attached hydrogens (tertiary/aromatic N) is 1. The normalized spacial score (nSPS) is 22.6. The van der Waals surface area contributed by atoms with Crippen LogP contribution in [-0.2, 0) is 10.0 Å². The second kappa shape index (κ2) is 6.20. The van der Waals surface area contributed by atoms with Crippen LogP contribution < -0.4 is 5.14 Å². The molecule has 0 radical (unpaired) electrons. The van der Waals surface area contributed by atoms with E-state index in [0.29, 0.717) is 0 Å². The molecule has 1 fully saturated rings. The van der Waals surface area contributed by atoms with E-state index >= 15 is 0 Å². The number of piperidine rings is 1. The summed E-state index contributed by atoms with van der Waals surface area (Å²) in [6.45, 7) is 3.71. The average molecular weight is 300 g/mol. The predicted octanol–water partition coefficient (Wildman–Crippen LogP) is 1.89. The highest BCUT2D eigenvalue weighted by Crippen LogP contribution is 2.27. The number of likely N-dealkylation sites (tertiary alicyclic amines) is 1. The molecule has 1 aliphatic rings. The summed E-state index contributed by atoms with van der Waals surface area (Å²) in [4.78, 5) is 2.24. The van der Waals surface area contributed by atoms with Gasteiger partial charge in [-0.2, -0.15) is 0 Å². The largest absolute Gasteiger partial charge is 0.296 e. The Bertz CT molecular complexity index is 545. The highest BCUT2D eigenvalue weighted by Gasteiger charge is 2.26. The maximum atomic E-state index is 12.9. The maximum Gasteiger partial charge on any atom is 0.209 e. The van der Waals surface area contributed by atoms with Crippen molar-refractivity contribution in [3.63, 3.8) is 0 Å². The second-order valence-corrected chi connectivity index (χ2v) is 7.22. The molecule has 0 amide bonds. The summed E-state index contributed by atoms with van der Waals surface area (Å²) in [5.74, 6) is -0.118. The SMILES string of the molecule is C[C@H](c1ccc(F)cc1)N1CCC[C@H](CS(N)(=O)=O)C1. The molecule has 1 saturated heterocycles. The second-order valence-electron chi connectivity index (χ2n) is 5.56. The molecule has 2 atom stereocenters. The fraction of sp³-hybridized carbons (Fsp3) is 0.571. The fourth-order valence-electron chi connectivity index (χ4n) is 2.87. The van der Waals surface area contributed by atoms with E-state index in [1.807, 2.05) is 0 Å². The zero-order valence-electron chi connectivity index (χ0n) is 11.6. The molecule has 0 saturated carbocycles. The predicted molar refractivity (Wildman–Crippen MR) is 77.1 cm³/mol. The van der Waals surface area contributed by atoms with Gasteiger partial charge in [0, 0.05) is 12.6 Å². The van der Waals surface area contributed by atoms with Crippen LogP contribution in [-0.4, -0.2) is 32.2 Å². The summed E-state index contributed by atoms with van der Waals surface area (Å²) in [5, 5.41) is 5.13. The van der Waals surface area contributed by atoms with E-state index in [1.165, 1.54) is 12.1 Å². The standard InChI is InChI=1S/C14H21FN2O2S/c1-11(13-4-6-14(15)7-5-13)17-8-2-3-12(9-17)10-20(16,18)19/h4-7,11-12H,2-3,8-10H2,1H3,(H2,16,18,19)/t11-,12+/m1/s1. The first kappa shape index (κ1) is 15.4. The Kier molecular flexibility index (Phi) is 4.78. The van der Waals surface area contributed by atoms with Gasteiger partial charge in [0.25, 0.3) is 0 Å². The Morgan fingerprint density at radius 1 is 1.40 bits per heavy atom. The first-order valence-electron chi connectivity index (χ1n) is 6.85. The Morgan fingerprint density at radius 2 is 2.05 bits per heavy atom. The van der Waals surface area contributed by atoms with E-state index in [2.05, 4.69) is 11.8 Å². The molecule has 6 heteroatoms. The molecule has 0 bridgehead atoms. The molecule has 2 rings (SSSR count). The van der Waals surface area contributed by atoms with E-state index in [-0.39, 0.29) is 23.5 Å². The van der Waals surface area contributed by atoms with Crippen LogP contribution in [0.25, 0.3) is 0 Å². The topological polar surface area (TPSA) is 63.4 Å². The molecule has 1 aliphatic heterocycles. The van der Waals surface area contributed by atoms with Crippen molar-refractivity contribution in [2.75, 3.05) is 18.8 Å². The number of primary sulfonamides is 1. The molecule has 1 heterocycles. The van der Waals surface area contributed by atoms with Crippen LogP contribution in [0.5, 0.6) is 0 Å². The van der Waals surface area contributed by atoms with Crippen LogP contribution in [0, 0.1) is 11.7 Å². The van der Waals surface area contributed by atoms with Gasteiger partial charge < -0.3 is 0 Å². The smallest absolute Gasteiger partial charge is 0.209 e. The van der Waals surface area contributed by atoms with Gasteiger partial charge in [-0.15, -0.1) is 0 Å². The van der Waals surface area contributed by atoms with Gasteiger partial charge in [0.2, 0.25) is 10.0 Å². The Labute approximate surface area is 119 Å². The maximum absolute atomic E-state index is 12.9. The van der Waals surface area contributed by atoms with Gasteiger partial charge in [0.05, 0.1) is 5.75 Å². The lowest BCUT2D eigenvalue weighted by Crippen LogP contribution is -2.40. The van der Waals surface area contributed by atoms with Gasteiger partial charge >= 0.3 is 0 Å². The fourth-order valence-corrected chi connectivity index (χ4v) is 3.79. The van der Waals surface area contributed by atoms with E-state index in [4.69, 9.17) is 5.14 Å². The van der Waals surface area contributed by atoms with Gasteiger partial charge in [0.1, 0.15) is 5.82 Å². The van der Waals surface area contributed by atoms with Crippen molar-refractivity contribution in [1.29, 1.82) is 0 Å². The minimum absolute atomic E-state index is 0.0413. The lowest BCUT2D eigenvalue weighted by atomic mass is 9.96. The third-order valence-electron chi connectivity index (χ3n) is 3.92.